The van der Waals surface area contributed by atoms with E-state index in [1.54, 1.807) is 13.0 Å². The molecule has 104 valence electrons. The van der Waals surface area contributed by atoms with E-state index in [0.29, 0.717) is 6.54 Å². The molecule has 1 saturated heterocycles. The summed E-state index contributed by atoms with van der Waals surface area (Å²) >= 11 is 0. The van der Waals surface area contributed by atoms with Crippen LogP contribution in [0.25, 0.3) is 0 Å². The molecule has 0 aromatic heterocycles. The van der Waals surface area contributed by atoms with Crippen molar-refractivity contribution in [3.8, 4) is 0 Å². The first-order valence-corrected chi connectivity index (χ1v) is 6.33. The van der Waals surface area contributed by atoms with Gasteiger partial charge in [0.1, 0.15) is 5.82 Å². The van der Waals surface area contributed by atoms with Crippen molar-refractivity contribution < 1.29 is 19.0 Å². The number of morpholine rings is 1. The number of hydrogen-bond donors (Lipinski definition) is 1. The first-order valence-electron chi connectivity index (χ1n) is 6.33. The minimum Gasteiger partial charge on any atom is -0.394 e. The van der Waals surface area contributed by atoms with Gasteiger partial charge in [0, 0.05) is 13.1 Å². The maximum Gasteiger partial charge on any atom is 0.257 e. The number of carbonyl (C=O) groups is 1. The highest BCUT2D eigenvalue weighted by molar-refractivity contribution is 5.94. The van der Waals surface area contributed by atoms with Crippen LogP contribution in [0.5, 0.6) is 0 Å². The summed E-state index contributed by atoms with van der Waals surface area (Å²) in [5, 5.41) is 9.13. The van der Waals surface area contributed by atoms with Crippen LogP contribution in [0.4, 0.5) is 4.39 Å². The molecule has 0 aliphatic carbocycles. The summed E-state index contributed by atoms with van der Waals surface area (Å²) in [5.74, 6) is -0.865. The Hall–Kier alpha value is -1.46. The van der Waals surface area contributed by atoms with Crippen LogP contribution in [0.3, 0.4) is 0 Å². The van der Waals surface area contributed by atoms with Crippen molar-refractivity contribution in [3.05, 3.63) is 35.1 Å². The van der Waals surface area contributed by atoms with Gasteiger partial charge in [0.05, 0.1) is 24.4 Å². The molecule has 0 bridgehead atoms. The molecule has 1 aromatic carbocycles. The Bertz CT molecular complexity index is 478. The summed E-state index contributed by atoms with van der Waals surface area (Å²) in [6.45, 7) is 4.14. The predicted molar refractivity (Wildman–Crippen MR) is 68.5 cm³/mol. The van der Waals surface area contributed by atoms with E-state index in [2.05, 4.69) is 0 Å². The minimum atomic E-state index is -0.510. The summed E-state index contributed by atoms with van der Waals surface area (Å²) in [4.78, 5) is 13.8. The number of benzene rings is 1. The van der Waals surface area contributed by atoms with E-state index < -0.39 is 11.9 Å². The zero-order valence-corrected chi connectivity index (χ0v) is 11.1. The second kappa shape index (κ2) is 5.67. The topological polar surface area (TPSA) is 49.8 Å². The third-order valence-electron chi connectivity index (χ3n) is 3.17. The highest BCUT2D eigenvalue weighted by atomic mass is 19.1. The first kappa shape index (κ1) is 14.0. The fourth-order valence-corrected chi connectivity index (χ4v) is 2.28. The summed E-state index contributed by atoms with van der Waals surface area (Å²) in [6, 6.07) is 4.56. The normalized spacial score (nSPS) is 23.5. The fourth-order valence-electron chi connectivity index (χ4n) is 2.28. The monoisotopic (exact) mass is 267 g/mol. The molecule has 1 aliphatic rings. The van der Waals surface area contributed by atoms with Crippen molar-refractivity contribution >= 4 is 5.91 Å². The number of amides is 1. The smallest absolute Gasteiger partial charge is 0.257 e. The lowest BCUT2D eigenvalue weighted by molar-refractivity contribution is -0.0859. The zero-order chi connectivity index (χ0) is 14.0. The summed E-state index contributed by atoms with van der Waals surface area (Å²) < 4.78 is 19.3. The molecule has 1 aliphatic heterocycles. The summed E-state index contributed by atoms with van der Waals surface area (Å²) in [7, 11) is 0. The van der Waals surface area contributed by atoms with E-state index >= 15 is 0 Å². The van der Waals surface area contributed by atoms with Gasteiger partial charge in [-0.15, -0.1) is 0 Å². The van der Waals surface area contributed by atoms with Crippen LogP contribution in [0.15, 0.2) is 18.2 Å². The second-order valence-corrected chi connectivity index (χ2v) is 4.94. The van der Waals surface area contributed by atoms with Crippen molar-refractivity contribution in [3.63, 3.8) is 0 Å². The number of hydrogen-bond acceptors (Lipinski definition) is 3. The predicted octanol–water partition coefficient (Wildman–Crippen LogP) is 1.36. The third-order valence-corrected chi connectivity index (χ3v) is 3.17. The maximum atomic E-state index is 13.8. The molecule has 19 heavy (non-hydrogen) atoms. The van der Waals surface area contributed by atoms with Gasteiger partial charge in [-0.2, -0.15) is 0 Å². The van der Waals surface area contributed by atoms with Gasteiger partial charge in [-0.05, 0) is 31.5 Å². The zero-order valence-electron chi connectivity index (χ0n) is 11.1. The Kier molecular flexibility index (Phi) is 4.17. The van der Waals surface area contributed by atoms with Gasteiger partial charge >= 0.3 is 0 Å². The molecule has 0 radical (unpaired) electrons. The number of aliphatic hydroxyl groups is 1. The Morgan fingerprint density at radius 3 is 2.89 bits per heavy atom. The SMILES string of the molecule is Cc1ccc(C(=O)N2CC(C)OC(CO)C2)c(F)c1. The average Bonchev–Trinajstić information content (AvgIpc) is 2.37. The van der Waals surface area contributed by atoms with Gasteiger partial charge in [0.2, 0.25) is 0 Å². The van der Waals surface area contributed by atoms with Crippen LogP contribution in [-0.4, -0.2) is 47.8 Å². The van der Waals surface area contributed by atoms with Crippen molar-refractivity contribution in [2.45, 2.75) is 26.1 Å². The quantitative estimate of drug-likeness (QED) is 0.880. The van der Waals surface area contributed by atoms with E-state index in [9.17, 15) is 9.18 Å². The van der Waals surface area contributed by atoms with Gasteiger partial charge in [-0.3, -0.25) is 4.79 Å². The number of aryl methyl sites for hydroxylation is 1. The van der Waals surface area contributed by atoms with Gasteiger partial charge in [0.15, 0.2) is 0 Å². The van der Waals surface area contributed by atoms with E-state index in [1.165, 1.54) is 17.0 Å². The van der Waals surface area contributed by atoms with Crippen molar-refractivity contribution in [1.82, 2.24) is 4.90 Å². The van der Waals surface area contributed by atoms with Crippen LogP contribution < -0.4 is 0 Å². The van der Waals surface area contributed by atoms with Gasteiger partial charge < -0.3 is 14.7 Å². The molecule has 1 heterocycles. The molecule has 2 rings (SSSR count). The second-order valence-electron chi connectivity index (χ2n) is 4.94. The van der Waals surface area contributed by atoms with Gasteiger partial charge in [-0.1, -0.05) is 6.07 Å². The molecule has 2 atom stereocenters. The Balaban J connectivity index is 2.18. The molecule has 4 nitrogen and oxygen atoms in total. The van der Waals surface area contributed by atoms with E-state index in [0.717, 1.165) is 5.56 Å². The standard InChI is InChI=1S/C14H18FNO3/c1-9-3-4-12(13(15)5-9)14(18)16-6-10(2)19-11(7-16)8-17/h3-5,10-11,17H,6-8H2,1-2H3. The Morgan fingerprint density at radius 2 is 2.26 bits per heavy atom. The number of ether oxygens (including phenoxy) is 1. The highest BCUT2D eigenvalue weighted by Crippen LogP contribution is 2.17. The van der Waals surface area contributed by atoms with Gasteiger partial charge in [0.25, 0.3) is 5.91 Å². The molecule has 1 amide bonds. The van der Waals surface area contributed by atoms with Crippen molar-refractivity contribution in [2.24, 2.45) is 0 Å². The Labute approximate surface area is 111 Å². The van der Waals surface area contributed by atoms with Gasteiger partial charge in [-0.25, -0.2) is 4.39 Å². The number of rotatable bonds is 2. The third kappa shape index (κ3) is 3.11. The van der Waals surface area contributed by atoms with E-state index in [1.807, 2.05) is 6.92 Å². The Morgan fingerprint density at radius 1 is 1.53 bits per heavy atom. The first-order chi connectivity index (χ1) is 9.01. The fraction of sp³-hybridized carbons (Fsp3) is 0.500. The molecule has 1 aromatic rings. The minimum absolute atomic E-state index is 0.0661. The molecule has 1 N–H and O–H groups in total. The van der Waals surface area contributed by atoms with Crippen LogP contribution >= 0.6 is 0 Å². The highest BCUT2D eigenvalue weighted by Gasteiger charge is 2.29. The lowest BCUT2D eigenvalue weighted by atomic mass is 10.1. The largest absolute Gasteiger partial charge is 0.394 e. The summed E-state index contributed by atoms with van der Waals surface area (Å²) in [5.41, 5.74) is 0.842. The molecular formula is C14H18FNO3. The van der Waals surface area contributed by atoms with Crippen LogP contribution in [0, 0.1) is 12.7 Å². The van der Waals surface area contributed by atoms with Crippen LogP contribution in [0.2, 0.25) is 0 Å². The van der Waals surface area contributed by atoms with Crippen LogP contribution in [0.1, 0.15) is 22.8 Å². The average molecular weight is 267 g/mol. The number of carbonyl (C=O) groups excluding carboxylic acids is 1. The molecule has 1 fully saturated rings. The van der Waals surface area contributed by atoms with E-state index in [4.69, 9.17) is 9.84 Å². The molecular weight excluding hydrogens is 249 g/mol. The maximum absolute atomic E-state index is 13.8. The molecule has 0 saturated carbocycles. The van der Waals surface area contributed by atoms with E-state index in [-0.39, 0.29) is 30.7 Å². The molecule has 2 unspecified atom stereocenters. The molecule has 5 heteroatoms. The summed E-state index contributed by atoms with van der Waals surface area (Å²) in [6.07, 6.45) is -0.565. The van der Waals surface area contributed by atoms with Crippen LogP contribution in [-0.2, 0) is 4.74 Å². The molecule has 0 spiro atoms. The number of nitrogens with zero attached hydrogens (tertiary/aromatic N) is 1. The van der Waals surface area contributed by atoms with Crippen molar-refractivity contribution in [1.29, 1.82) is 0 Å². The van der Waals surface area contributed by atoms with Crippen molar-refractivity contribution in [2.75, 3.05) is 19.7 Å². The number of halogens is 1. The lowest BCUT2D eigenvalue weighted by Gasteiger charge is -2.36. The lowest BCUT2D eigenvalue weighted by Crippen LogP contribution is -2.50. The number of aliphatic hydroxyl groups excluding tert-OH is 1.